The molecule has 9 heteroatoms. The molecule has 1 saturated heterocycles. The summed E-state index contributed by atoms with van der Waals surface area (Å²) in [4.78, 5) is 43.5. The van der Waals surface area contributed by atoms with E-state index in [-0.39, 0.29) is 6.54 Å². The lowest BCUT2D eigenvalue weighted by molar-refractivity contribution is -0.133. The average Bonchev–Trinajstić information content (AvgIpc) is 3.51. The zero-order chi connectivity index (χ0) is 23.2. The van der Waals surface area contributed by atoms with Crippen molar-refractivity contribution in [2.24, 2.45) is 0 Å². The number of nitrogens with zero attached hydrogens (tertiary/aromatic N) is 2. The lowest BCUT2D eigenvalue weighted by Gasteiger charge is -2.20. The second-order valence-electron chi connectivity index (χ2n) is 8.07. The van der Waals surface area contributed by atoms with Crippen molar-refractivity contribution >= 4 is 56.4 Å². The van der Waals surface area contributed by atoms with Gasteiger partial charge in [0.15, 0.2) is 0 Å². The van der Waals surface area contributed by atoms with E-state index in [0.717, 1.165) is 25.7 Å². The van der Waals surface area contributed by atoms with Crippen LogP contribution in [-0.2, 0) is 15.1 Å². The van der Waals surface area contributed by atoms with Crippen LogP contribution >= 0.6 is 22.7 Å². The molecule has 1 atom stereocenters. The zero-order valence-corrected chi connectivity index (χ0v) is 19.5. The maximum absolute atomic E-state index is 12.9. The summed E-state index contributed by atoms with van der Waals surface area (Å²) in [5, 5.41) is 10.0. The standard InChI is InChI=1S/C24H20N4O3S2/c1-14-3-8-18-19(11-14)33-21(26-18)15-4-6-17(7-5-15)25-20(29)12-28-22(30)24(2,27-23(28)31)16-9-10-32-13-16/h3-11,13H,12H2,1-2H3,(H,25,29)(H,27,31). The van der Waals surface area contributed by atoms with Crippen molar-refractivity contribution in [3.63, 3.8) is 0 Å². The molecule has 0 spiro atoms. The van der Waals surface area contributed by atoms with Crippen LogP contribution in [0.3, 0.4) is 0 Å². The number of aromatic nitrogens is 1. The summed E-state index contributed by atoms with van der Waals surface area (Å²) in [5.41, 5.74) is 3.22. The minimum absolute atomic E-state index is 0.358. The van der Waals surface area contributed by atoms with Crippen LogP contribution in [0.25, 0.3) is 20.8 Å². The van der Waals surface area contributed by atoms with Gasteiger partial charge >= 0.3 is 6.03 Å². The molecule has 0 aliphatic carbocycles. The number of imide groups is 1. The van der Waals surface area contributed by atoms with Crippen LogP contribution < -0.4 is 10.6 Å². The second kappa shape index (κ2) is 8.09. The third kappa shape index (κ3) is 3.90. The summed E-state index contributed by atoms with van der Waals surface area (Å²) in [7, 11) is 0. The smallest absolute Gasteiger partial charge is 0.325 e. The van der Waals surface area contributed by atoms with Gasteiger partial charge in [0.2, 0.25) is 5.91 Å². The maximum atomic E-state index is 12.9. The van der Waals surface area contributed by atoms with Gasteiger partial charge < -0.3 is 10.6 Å². The Morgan fingerprint density at radius 2 is 1.94 bits per heavy atom. The van der Waals surface area contributed by atoms with Gasteiger partial charge in [-0.05, 0) is 78.2 Å². The van der Waals surface area contributed by atoms with Gasteiger partial charge in [-0.2, -0.15) is 11.3 Å². The molecular formula is C24H20N4O3S2. The summed E-state index contributed by atoms with van der Waals surface area (Å²) in [6.07, 6.45) is 0. The highest BCUT2D eigenvalue weighted by atomic mass is 32.1. The number of rotatable bonds is 5. The third-order valence-electron chi connectivity index (χ3n) is 5.63. The molecule has 2 N–H and O–H groups in total. The number of thiazole rings is 1. The van der Waals surface area contributed by atoms with E-state index in [9.17, 15) is 14.4 Å². The topological polar surface area (TPSA) is 91.4 Å². The molecule has 0 radical (unpaired) electrons. The number of aryl methyl sites for hydroxylation is 1. The number of hydrogen-bond acceptors (Lipinski definition) is 6. The fraction of sp³-hybridized carbons (Fsp3) is 0.167. The maximum Gasteiger partial charge on any atom is 0.325 e. The van der Waals surface area contributed by atoms with Crippen LogP contribution in [0, 0.1) is 6.92 Å². The van der Waals surface area contributed by atoms with E-state index in [2.05, 4.69) is 28.6 Å². The average molecular weight is 477 g/mol. The third-order valence-corrected chi connectivity index (χ3v) is 7.39. The summed E-state index contributed by atoms with van der Waals surface area (Å²) in [6, 6.07) is 14.7. The Hall–Kier alpha value is -3.56. The van der Waals surface area contributed by atoms with Crippen LogP contribution in [0.1, 0.15) is 18.1 Å². The highest BCUT2D eigenvalue weighted by Crippen LogP contribution is 2.32. The first-order chi connectivity index (χ1) is 15.8. The number of carbonyl (C=O) groups is 3. The number of thiophene rings is 1. The van der Waals surface area contributed by atoms with Gasteiger partial charge in [-0.1, -0.05) is 6.07 Å². The van der Waals surface area contributed by atoms with Gasteiger partial charge in [-0.15, -0.1) is 11.3 Å². The molecule has 5 rings (SSSR count). The molecule has 0 bridgehead atoms. The molecule has 7 nitrogen and oxygen atoms in total. The van der Waals surface area contributed by atoms with Crippen molar-refractivity contribution in [1.82, 2.24) is 15.2 Å². The molecule has 1 aliphatic heterocycles. The molecule has 4 aromatic rings. The minimum Gasteiger partial charge on any atom is -0.325 e. The van der Waals surface area contributed by atoms with Crippen LogP contribution in [0.4, 0.5) is 10.5 Å². The van der Waals surface area contributed by atoms with E-state index in [1.54, 1.807) is 36.5 Å². The van der Waals surface area contributed by atoms with Crippen LogP contribution in [-0.4, -0.2) is 34.3 Å². The molecule has 1 aliphatic rings. The Bertz CT molecular complexity index is 1380. The van der Waals surface area contributed by atoms with Crippen molar-refractivity contribution in [2.75, 3.05) is 11.9 Å². The van der Waals surface area contributed by atoms with E-state index in [1.165, 1.54) is 16.9 Å². The van der Waals surface area contributed by atoms with E-state index in [1.807, 2.05) is 35.0 Å². The fourth-order valence-corrected chi connectivity index (χ4v) is 5.61. The Labute approximate surface area is 198 Å². The lowest BCUT2D eigenvalue weighted by atomic mass is 9.95. The number of fused-ring (bicyclic) bond motifs is 1. The predicted octanol–water partition coefficient (Wildman–Crippen LogP) is 4.74. The highest BCUT2D eigenvalue weighted by molar-refractivity contribution is 7.21. The van der Waals surface area contributed by atoms with Gasteiger partial charge in [0.05, 0.1) is 10.2 Å². The number of nitrogens with one attached hydrogen (secondary N) is 2. The second-order valence-corrected chi connectivity index (χ2v) is 9.88. The number of urea groups is 1. The molecule has 166 valence electrons. The molecule has 33 heavy (non-hydrogen) atoms. The highest BCUT2D eigenvalue weighted by Gasteiger charge is 2.49. The number of amides is 4. The molecule has 2 aromatic heterocycles. The Morgan fingerprint density at radius 1 is 1.15 bits per heavy atom. The number of carbonyl (C=O) groups excluding carboxylic acids is 3. The number of hydrogen-bond donors (Lipinski definition) is 2. The lowest BCUT2D eigenvalue weighted by Crippen LogP contribution is -2.41. The Kier molecular flexibility index (Phi) is 5.22. The summed E-state index contributed by atoms with van der Waals surface area (Å²) in [5.74, 6) is -0.890. The quantitative estimate of drug-likeness (QED) is 0.407. The molecule has 0 saturated carbocycles. The number of anilines is 1. The van der Waals surface area contributed by atoms with Crippen LogP contribution in [0.2, 0.25) is 0 Å². The first-order valence-electron chi connectivity index (χ1n) is 10.3. The Morgan fingerprint density at radius 3 is 2.67 bits per heavy atom. The van der Waals surface area contributed by atoms with Gasteiger partial charge in [0, 0.05) is 11.3 Å². The van der Waals surface area contributed by atoms with E-state index < -0.39 is 23.4 Å². The molecule has 2 aromatic carbocycles. The fourth-order valence-electron chi connectivity index (χ4n) is 3.78. The van der Waals surface area contributed by atoms with Gasteiger partial charge in [-0.3, -0.25) is 14.5 Å². The predicted molar refractivity (Wildman–Crippen MR) is 130 cm³/mol. The van der Waals surface area contributed by atoms with Gasteiger partial charge in [0.1, 0.15) is 17.1 Å². The van der Waals surface area contributed by atoms with Crippen molar-refractivity contribution in [2.45, 2.75) is 19.4 Å². The first kappa shape index (κ1) is 21.3. The molecular weight excluding hydrogens is 456 g/mol. The summed E-state index contributed by atoms with van der Waals surface area (Å²) < 4.78 is 1.13. The molecule has 4 amide bonds. The van der Waals surface area contributed by atoms with Crippen LogP contribution in [0.15, 0.2) is 59.3 Å². The summed E-state index contributed by atoms with van der Waals surface area (Å²) >= 11 is 3.06. The van der Waals surface area contributed by atoms with Crippen molar-refractivity contribution < 1.29 is 14.4 Å². The first-order valence-corrected chi connectivity index (χ1v) is 12.0. The monoisotopic (exact) mass is 476 g/mol. The van der Waals surface area contributed by atoms with E-state index in [4.69, 9.17) is 0 Å². The van der Waals surface area contributed by atoms with Crippen LogP contribution in [0.5, 0.6) is 0 Å². The van der Waals surface area contributed by atoms with Gasteiger partial charge in [-0.25, -0.2) is 9.78 Å². The van der Waals surface area contributed by atoms with E-state index >= 15 is 0 Å². The Balaban J connectivity index is 1.26. The normalized spacial score (nSPS) is 18.1. The zero-order valence-electron chi connectivity index (χ0n) is 17.9. The SMILES string of the molecule is Cc1ccc2nc(-c3ccc(NC(=O)CN4C(=O)NC(C)(c5ccsc5)C4=O)cc3)sc2c1. The van der Waals surface area contributed by atoms with Crippen molar-refractivity contribution in [3.8, 4) is 10.6 Å². The minimum atomic E-state index is -1.16. The molecule has 3 heterocycles. The van der Waals surface area contributed by atoms with Gasteiger partial charge in [0.25, 0.3) is 5.91 Å². The van der Waals surface area contributed by atoms with Crippen molar-refractivity contribution in [1.29, 1.82) is 0 Å². The number of benzene rings is 2. The van der Waals surface area contributed by atoms with Crippen molar-refractivity contribution in [3.05, 3.63) is 70.4 Å². The largest absolute Gasteiger partial charge is 0.325 e. The van der Waals surface area contributed by atoms with E-state index in [0.29, 0.717) is 11.3 Å². The molecule has 1 fully saturated rings. The molecule has 1 unspecified atom stereocenters. The summed E-state index contributed by atoms with van der Waals surface area (Å²) in [6.45, 7) is 3.34.